The summed E-state index contributed by atoms with van der Waals surface area (Å²) < 4.78 is 5.38. The highest BCUT2D eigenvalue weighted by Gasteiger charge is 2.17. The minimum Gasteiger partial charge on any atom is -0.377 e. The molecule has 0 saturated heterocycles. The van der Waals surface area contributed by atoms with E-state index < -0.39 is 0 Å². The average Bonchev–Trinajstić information content (AvgIpc) is 2.91. The zero-order valence-corrected chi connectivity index (χ0v) is 15.8. The fraction of sp³-hybridized carbons (Fsp3) is 0.933. The first-order chi connectivity index (χ1) is 9.07. The summed E-state index contributed by atoms with van der Waals surface area (Å²) in [5.41, 5.74) is -0.165. The Kier molecular flexibility index (Phi) is 10.6. The third kappa shape index (κ3) is 8.29. The van der Waals surface area contributed by atoms with E-state index in [9.17, 15) is 0 Å². The predicted molar refractivity (Wildman–Crippen MR) is 97.1 cm³/mol. The molecule has 4 nitrogen and oxygen atoms in total. The van der Waals surface area contributed by atoms with Gasteiger partial charge in [0.25, 0.3) is 0 Å². The lowest BCUT2D eigenvalue weighted by Gasteiger charge is -2.24. The molecule has 2 N–H and O–H groups in total. The molecule has 1 rings (SSSR count). The lowest BCUT2D eigenvalue weighted by molar-refractivity contribution is 0.0268. The van der Waals surface area contributed by atoms with E-state index in [2.05, 4.69) is 29.5 Å². The lowest BCUT2D eigenvalue weighted by atomic mass is 10.0. The van der Waals surface area contributed by atoms with Crippen LogP contribution in [0.4, 0.5) is 0 Å². The Balaban J connectivity index is 0.00000361. The number of guanidine groups is 1. The molecule has 0 aromatic rings. The average molecular weight is 397 g/mol. The third-order valence-corrected chi connectivity index (χ3v) is 4.01. The Bertz CT molecular complexity index is 276. The number of halogens is 1. The van der Waals surface area contributed by atoms with Gasteiger partial charge in [-0.2, -0.15) is 0 Å². The molecule has 0 atom stereocenters. The van der Waals surface area contributed by atoms with Gasteiger partial charge in [-0.15, -0.1) is 24.0 Å². The summed E-state index contributed by atoms with van der Waals surface area (Å²) in [7, 11) is 3.55. The van der Waals surface area contributed by atoms with Crippen LogP contribution in [0.25, 0.3) is 0 Å². The molecule has 0 aliphatic heterocycles. The molecular weight excluding hydrogens is 365 g/mol. The molecule has 20 heavy (non-hydrogen) atoms. The highest BCUT2D eigenvalue weighted by Crippen LogP contribution is 2.28. The van der Waals surface area contributed by atoms with Gasteiger partial charge < -0.3 is 15.4 Å². The molecule has 0 unspecified atom stereocenters. The fourth-order valence-electron chi connectivity index (χ4n) is 2.49. The summed E-state index contributed by atoms with van der Waals surface area (Å²) in [6, 6.07) is 0. The summed E-state index contributed by atoms with van der Waals surface area (Å²) in [4.78, 5) is 4.23. The van der Waals surface area contributed by atoms with E-state index in [0.29, 0.717) is 0 Å². The van der Waals surface area contributed by atoms with E-state index >= 15 is 0 Å². The normalized spacial score (nSPS) is 16.9. The molecule has 0 bridgehead atoms. The molecule has 0 aromatic carbocycles. The van der Waals surface area contributed by atoms with Crippen molar-refractivity contribution in [2.24, 2.45) is 10.9 Å². The van der Waals surface area contributed by atoms with E-state index in [-0.39, 0.29) is 29.6 Å². The van der Waals surface area contributed by atoms with Crippen molar-refractivity contribution in [2.45, 2.75) is 58.0 Å². The molecule has 1 aliphatic carbocycles. The summed E-state index contributed by atoms with van der Waals surface area (Å²) in [6.07, 6.45) is 8.34. The van der Waals surface area contributed by atoms with E-state index in [1.807, 2.05) is 7.05 Å². The number of nitrogens with one attached hydrogen (secondary N) is 2. The molecule has 0 amide bonds. The topological polar surface area (TPSA) is 45.7 Å². The zero-order valence-electron chi connectivity index (χ0n) is 13.5. The Hall–Kier alpha value is -0.0400. The second-order valence-electron chi connectivity index (χ2n) is 6.11. The molecule has 120 valence electrons. The molecule has 0 spiro atoms. The van der Waals surface area contributed by atoms with E-state index in [1.54, 1.807) is 7.11 Å². The standard InChI is InChI=1S/C15H31N3O.HI/c1-15(2,19-4)12-18-14(16-3)17-11-7-10-13-8-5-6-9-13;/h13H,5-12H2,1-4H3,(H2,16,17,18);1H. The Morgan fingerprint density at radius 1 is 1.25 bits per heavy atom. The van der Waals surface area contributed by atoms with Crippen LogP contribution in [0.3, 0.4) is 0 Å². The van der Waals surface area contributed by atoms with Gasteiger partial charge in [0, 0.05) is 27.2 Å². The summed E-state index contributed by atoms with van der Waals surface area (Å²) >= 11 is 0. The van der Waals surface area contributed by atoms with Crippen LogP contribution < -0.4 is 10.6 Å². The first kappa shape index (κ1) is 20.0. The maximum absolute atomic E-state index is 5.38. The van der Waals surface area contributed by atoms with Crippen molar-refractivity contribution < 1.29 is 4.74 Å². The molecule has 0 aromatic heterocycles. The predicted octanol–water partition coefficient (Wildman–Crippen LogP) is 3.16. The highest BCUT2D eigenvalue weighted by atomic mass is 127. The zero-order chi connectivity index (χ0) is 14.1. The van der Waals surface area contributed by atoms with Crippen LogP contribution in [0, 0.1) is 5.92 Å². The number of rotatable bonds is 7. The highest BCUT2D eigenvalue weighted by molar-refractivity contribution is 14.0. The van der Waals surface area contributed by atoms with Gasteiger partial charge in [0.1, 0.15) is 0 Å². The Labute approximate surface area is 141 Å². The monoisotopic (exact) mass is 397 g/mol. The maximum atomic E-state index is 5.38. The van der Waals surface area contributed by atoms with Crippen molar-refractivity contribution >= 4 is 29.9 Å². The first-order valence-corrected chi connectivity index (χ1v) is 7.57. The Morgan fingerprint density at radius 3 is 2.45 bits per heavy atom. The summed E-state index contributed by atoms with van der Waals surface area (Å²) in [5.74, 6) is 1.85. The van der Waals surface area contributed by atoms with Crippen molar-refractivity contribution in [1.82, 2.24) is 10.6 Å². The molecular formula is C15H32IN3O. The number of hydrogen-bond donors (Lipinski definition) is 2. The quantitative estimate of drug-likeness (QED) is 0.300. The van der Waals surface area contributed by atoms with E-state index in [0.717, 1.165) is 25.0 Å². The maximum Gasteiger partial charge on any atom is 0.191 e. The van der Waals surface area contributed by atoms with Gasteiger partial charge in [0.2, 0.25) is 0 Å². The minimum absolute atomic E-state index is 0. The van der Waals surface area contributed by atoms with Gasteiger partial charge in [-0.05, 0) is 32.6 Å². The van der Waals surface area contributed by atoms with Gasteiger partial charge in [-0.25, -0.2) is 0 Å². The van der Waals surface area contributed by atoms with Crippen molar-refractivity contribution in [3.8, 4) is 0 Å². The number of aliphatic imine (C=N–C) groups is 1. The number of nitrogens with zero attached hydrogens (tertiary/aromatic N) is 1. The van der Waals surface area contributed by atoms with E-state index in [4.69, 9.17) is 4.74 Å². The van der Waals surface area contributed by atoms with Crippen LogP contribution in [0.15, 0.2) is 4.99 Å². The van der Waals surface area contributed by atoms with Gasteiger partial charge in [-0.1, -0.05) is 25.7 Å². The first-order valence-electron chi connectivity index (χ1n) is 7.57. The molecule has 1 saturated carbocycles. The van der Waals surface area contributed by atoms with Gasteiger partial charge in [0.15, 0.2) is 5.96 Å². The van der Waals surface area contributed by atoms with Crippen LogP contribution in [0.5, 0.6) is 0 Å². The molecule has 1 aliphatic rings. The number of hydrogen-bond acceptors (Lipinski definition) is 2. The van der Waals surface area contributed by atoms with Crippen LogP contribution >= 0.6 is 24.0 Å². The van der Waals surface area contributed by atoms with Crippen molar-refractivity contribution in [3.63, 3.8) is 0 Å². The fourth-order valence-corrected chi connectivity index (χ4v) is 2.49. The Morgan fingerprint density at radius 2 is 1.90 bits per heavy atom. The van der Waals surface area contributed by atoms with Gasteiger partial charge in [-0.3, -0.25) is 4.99 Å². The van der Waals surface area contributed by atoms with Crippen LogP contribution in [0.1, 0.15) is 52.4 Å². The second kappa shape index (κ2) is 10.7. The van der Waals surface area contributed by atoms with Crippen LogP contribution in [-0.2, 0) is 4.74 Å². The molecule has 5 heteroatoms. The summed E-state index contributed by atoms with van der Waals surface area (Å²) in [5, 5.41) is 6.68. The van der Waals surface area contributed by atoms with Crippen molar-refractivity contribution in [2.75, 3.05) is 27.2 Å². The minimum atomic E-state index is -0.165. The smallest absolute Gasteiger partial charge is 0.191 e. The van der Waals surface area contributed by atoms with Gasteiger partial charge >= 0.3 is 0 Å². The lowest BCUT2D eigenvalue weighted by Crippen LogP contribution is -2.45. The number of methoxy groups -OCH3 is 1. The van der Waals surface area contributed by atoms with Gasteiger partial charge in [0.05, 0.1) is 5.60 Å². The van der Waals surface area contributed by atoms with E-state index in [1.165, 1.54) is 38.5 Å². The molecule has 1 fully saturated rings. The molecule has 0 radical (unpaired) electrons. The molecule has 0 heterocycles. The number of ether oxygens (including phenoxy) is 1. The SMILES string of the molecule is CN=C(NCCCC1CCCC1)NCC(C)(C)OC.I. The third-order valence-electron chi connectivity index (χ3n) is 4.01. The van der Waals surface area contributed by atoms with Crippen LogP contribution in [0.2, 0.25) is 0 Å². The van der Waals surface area contributed by atoms with Crippen molar-refractivity contribution in [1.29, 1.82) is 0 Å². The van der Waals surface area contributed by atoms with Crippen LogP contribution in [-0.4, -0.2) is 38.8 Å². The largest absolute Gasteiger partial charge is 0.377 e. The summed E-state index contributed by atoms with van der Waals surface area (Å²) in [6.45, 7) is 5.89. The second-order valence-corrected chi connectivity index (χ2v) is 6.11. The van der Waals surface area contributed by atoms with Crippen molar-refractivity contribution in [3.05, 3.63) is 0 Å².